The lowest BCUT2D eigenvalue weighted by Gasteiger charge is -2.10. The highest BCUT2D eigenvalue weighted by atomic mass is 16.5. The first kappa shape index (κ1) is 12.8. The van der Waals surface area contributed by atoms with E-state index in [9.17, 15) is 0 Å². The van der Waals surface area contributed by atoms with Gasteiger partial charge in [-0.25, -0.2) is 0 Å². The summed E-state index contributed by atoms with van der Waals surface area (Å²) in [6, 6.07) is 7.89. The predicted molar refractivity (Wildman–Crippen MR) is 64.9 cm³/mol. The smallest absolute Gasteiger partial charge is 0.104 e. The van der Waals surface area contributed by atoms with Gasteiger partial charge in [0.25, 0.3) is 0 Å². The molecular formula is C14H18O2. The van der Waals surface area contributed by atoms with Crippen molar-refractivity contribution in [2.24, 2.45) is 0 Å². The lowest BCUT2D eigenvalue weighted by atomic mass is 10.1. The molecule has 0 radical (unpaired) electrons. The van der Waals surface area contributed by atoms with Gasteiger partial charge in [0.15, 0.2) is 0 Å². The Hall–Kier alpha value is -1.30. The Kier molecular flexibility index (Phi) is 5.63. The van der Waals surface area contributed by atoms with E-state index >= 15 is 0 Å². The van der Waals surface area contributed by atoms with Crippen molar-refractivity contribution in [2.75, 3.05) is 6.61 Å². The molecule has 1 unspecified atom stereocenters. The Morgan fingerprint density at radius 3 is 2.56 bits per heavy atom. The molecule has 1 aromatic rings. The van der Waals surface area contributed by atoms with Crippen LogP contribution in [0.5, 0.6) is 0 Å². The summed E-state index contributed by atoms with van der Waals surface area (Å²) >= 11 is 0. The summed E-state index contributed by atoms with van der Waals surface area (Å²) in [6.45, 7) is 4.72. The minimum absolute atomic E-state index is 0.0983. The van der Waals surface area contributed by atoms with E-state index in [1.807, 2.05) is 24.3 Å². The molecule has 1 N–H and O–H groups in total. The Bertz CT molecular complexity index is 357. The first-order chi connectivity index (χ1) is 7.76. The molecule has 86 valence electrons. The Morgan fingerprint density at radius 2 is 2.00 bits per heavy atom. The summed E-state index contributed by atoms with van der Waals surface area (Å²) in [5.74, 6) is 5.47. The average Bonchev–Trinajstić information content (AvgIpc) is 2.34. The van der Waals surface area contributed by atoms with Gasteiger partial charge in [-0.3, -0.25) is 0 Å². The summed E-state index contributed by atoms with van der Waals surface area (Å²) < 4.78 is 5.62. The zero-order valence-corrected chi connectivity index (χ0v) is 9.86. The third-order valence-corrected chi connectivity index (χ3v) is 2.38. The maximum atomic E-state index is 8.56. The molecule has 0 amide bonds. The molecule has 2 heteroatoms. The molecule has 1 atom stereocenters. The first-order valence-electron chi connectivity index (χ1n) is 5.56. The van der Waals surface area contributed by atoms with E-state index in [1.54, 1.807) is 0 Å². The van der Waals surface area contributed by atoms with Gasteiger partial charge in [0.05, 0.1) is 12.7 Å². The normalized spacial score (nSPS) is 11.7. The molecule has 0 saturated carbocycles. The molecule has 0 aromatic heterocycles. The van der Waals surface area contributed by atoms with Gasteiger partial charge in [0.2, 0.25) is 0 Å². The van der Waals surface area contributed by atoms with Gasteiger partial charge in [-0.15, -0.1) is 0 Å². The first-order valence-corrected chi connectivity index (χ1v) is 5.56. The van der Waals surface area contributed by atoms with Gasteiger partial charge in [0, 0.05) is 5.56 Å². The van der Waals surface area contributed by atoms with E-state index in [-0.39, 0.29) is 6.61 Å². The van der Waals surface area contributed by atoms with Crippen LogP contribution in [0.3, 0.4) is 0 Å². The maximum absolute atomic E-state index is 8.56. The summed E-state index contributed by atoms with van der Waals surface area (Å²) in [4.78, 5) is 0. The van der Waals surface area contributed by atoms with E-state index in [2.05, 4.69) is 25.7 Å². The quantitative estimate of drug-likeness (QED) is 0.786. The van der Waals surface area contributed by atoms with Crippen LogP contribution in [0.4, 0.5) is 0 Å². The minimum atomic E-state index is -0.0983. The Morgan fingerprint density at radius 1 is 1.31 bits per heavy atom. The molecule has 16 heavy (non-hydrogen) atoms. The molecule has 0 saturated heterocycles. The van der Waals surface area contributed by atoms with Crippen LogP contribution in [-0.2, 0) is 11.3 Å². The highest BCUT2D eigenvalue weighted by molar-refractivity contribution is 5.35. The number of aliphatic hydroxyl groups is 1. The number of aliphatic hydroxyl groups excluding tert-OH is 1. The molecule has 0 spiro atoms. The van der Waals surface area contributed by atoms with E-state index in [0.29, 0.717) is 12.7 Å². The van der Waals surface area contributed by atoms with Crippen molar-refractivity contribution < 1.29 is 9.84 Å². The van der Waals surface area contributed by atoms with Crippen LogP contribution in [0.2, 0.25) is 0 Å². The summed E-state index contributed by atoms with van der Waals surface area (Å²) in [6.07, 6.45) is 1.33. The number of hydrogen-bond acceptors (Lipinski definition) is 2. The molecule has 0 fully saturated rings. The fraction of sp³-hybridized carbons (Fsp3) is 0.429. The average molecular weight is 218 g/mol. The van der Waals surface area contributed by atoms with Crippen molar-refractivity contribution in [3.63, 3.8) is 0 Å². The van der Waals surface area contributed by atoms with Crippen molar-refractivity contribution in [2.45, 2.75) is 33.0 Å². The van der Waals surface area contributed by atoms with Crippen LogP contribution >= 0.6 is 0 Å². The van der Waals surface area contributed by atoms with Gasteiger partial charge >= 0.3 is 0 Å². The zero-order valence-electron chi connectivity index (χ0n) is 9.86. The van der Waals surface area contributed by atoms with Crippen molar-refractivity contribution in [1.82, 2.24) is 0 Å². The van der Waals surface area contributed by atoms with Gasteiger partial charge in [0.1, 0.15) is 6.61 Å². The van der Waals surface area contributed by atoms with Gasteiger partial charge in [-0.05, 0) is 31.0 Å². The Labute approximate surface area is 97.3 Å². The van der Waals surface area contributed by atoms with Gasteiger partial charge in [-0.2, -0.15) is 0 Å². The number of ether oxygens (including phenoxy) is 1. The molecular weight excluding hydrogens is 200 g/mol. The van der Waals surface area contributed by atoms with Crippen molar-refractivity contribution in [3.8, 4) is 11.8 Å². The molecule has 1 aromatic carbocycles. The Balaban J connectivity index is 2.51. The van der Waals surface area contributed by atoms with Crippen LogP contribution < -0.4 is 0 Å². The van der Waals surface area contributed by atoms with Crippen LogP contribution in [0.15, 0.2) is 24.3 Å². The van der Waals surface area contributed by atoms with Crippen LogP contribution in [0.1, 0.15) is 31.4 Å². The van der Waals surface area contributed by atoms with Crippen molar-refractivity contribution >= 4 is 0 Å². The molecule has 0 aliphatic carbocycles. The van der Waals surface area contributed by atoms with Crippen LogP contribution in [0.25, 0.3) is 0 Å². The third-order valence-electron chi connectivity index (χ3n) is 2.38. The second kappa shape index (κ2) is 7.05. The maximum Gasteiger partial charge on any atom is 0.104 e. The molecule has 1 rings (SSSR count). The zero-order chi connectivity index (χ0) is 11.8. The molecule has 2 nitrogen and oxygen atoms in total. The van der Waals surface area contributed by atoms with Crippen LogP contribution in [0, 0.1) is 11.8 Å². The standard InChI is InChI=1S/C14H18O2/c1-3-12(2)16-11-14-8-6-13(7-9-14)5-4-10-15/h6-9,12,15H,3,10-11H2,1-2H3. The number of rotatable bonds is 4. The van der Waals surface area contributed by atoms with E-state index in [4.69, 9.17) is 9.84 Å². The van der Waals surface area contributed by atoms with E-state index in [0.717, 1.165) is 17.5 Å². The second-order valence-electron chi connectivity index (χ2n) is 3.69. The molecule has 0 heterocycles. The monoisotopic (exact) mass is 218 g/mol. The van der Waals surface area contributed by atoms with Crippen LogP contribution in [-0.4, -0.2) is 17.8 Å². The van der Waals surface area contributed by atoms with E-state index in [1.165, 1.54) is 0 Å². The lowest BCUT2D eigenvalue weighted by Crippen LogP contribution is -2.05. The second-order valence-corrected chi connectivity index (χ2v) is 3.69. The fourth-order valence-electron chi connectivity index (χ4n) is 1.18. The SMILES string of the molecule is CCC(C)OCc1ccc(C#CCO)cc1. The topological polar surface area (TPSA) is 29.5 Å². The molecule has 0 bridgehead atoms. The summed E-state index contributed by atoms with van der Waals surface area (Å²) in [5, 5.41) is 8.56. The highest BCUT2D eigenvalue weighted by Gasteiger charge is 1.99. The van der Waals surface area contributed by atoms with Gasteiger partial charge < -0.3 is 9.84 Å². The van der Waals surface area contributed by atoms with Crippen molar-refractivity contribution in [3.05, 3.63) is 35.4 Å². The minimum Gasteiger partial charge on any atom is -0.384 e. The summed E-state index contributed by atoms with van der Waals surface area (Å²) in [5.41, 5.74) is 2.07. The number of benzene rings is 1. The van der Waals surface area contributed by atoms with Gasteiger partial charge in [-0.1, -0.05) is 30.9 Å². The largest absolute Gasteiger partial charge is 0.384 e. The van der Waals surface area contributed by atoms with E-state index < -0.39 is 0 Å². The van der Waals surface area contributed by atoms with Crippen molar-refractivity contribution in [1.29, 1.82) is 0 Å². The number of hydrogen-bond donors (Lipinski definition) is 1. The predicted octanol–water partition coefficient (Wildman–Crippen LogP) is 2.35. The summed E-state index contributed by atoms with van der Waals surface area (Å²) in [7, 11) is 0. The fourth-order valence-corrected chi connectivity index (χ4v) is 1.18. The molecule has 0 aliphatic rings. The highest BCUT2D eigenvalue weighted by Crippen LogP contribution is 2.07. The third kappa shape index (κ3) is 4.48. The molecule has 0 aliphatic heterocycles. The lowest BCUT2D eigenvalue weighted by molar-refractivity contribution is 0.0508.